The van der Waals surface area contributed by atoms with Gasteiger partial charge in [0.2, 0.25) is 11.8 Å². The summed E-state index contributed by atoms with van der Waals surface area (Å²) >= 11 is 0. The molecule has 8 nitrogen and oxygen atoms in total. The summed E-state index contributed by atoms with van der Waals surface area (Å²) in [5, 5.41) is 8.21. The summed E-state index contributed by atoms with van der Waals surface area (Å²) in [5.74, 6) is -0.858. The van der Waals surface area contributed by atoms with Crippen molar-refractivity contribution >= 4 is 24.2 Å². The molecule has 2 heterocycles. The number of primary amides is 2. The van der Waals surface area contributed by atoms with Crippen LogP contribution in [-0.4, -0.2) is 35.3 Å². The summed E-state index contributed by atoms with van der Waals surface area (Å²) in [7, 11) is 0. The van der Waals surface area contributed by atoms with E-state index in [2.05, 4.69) is 21.1 Å². The molecule has 2 aliphatic heterocycles. The van der Waals surface area contributed by atoms with Crippen molar-refractivity contribution in [2.75, 3.05) is 0 Å². The molecule has 2 unspecified atom stereocenters. The number of nitrogens with zero attached hydrogens (tertiary/aromatic N) is 2. The maximum atomic E-state index is 11.8. The highest BCUT2D eigenvalue weighted by Crippen LogP contribution is 2.41. The standard InChI is InChI=1S/C19H30N6O2/c1-17(5-3-11-22-24-17)7-9-19(13-15(20)26,14-16(21)27)10-8-18(2)6-4-12-23-25-18/h3-6,11-12,24-25H,7-10,13-14H2,1-2H3,(H2,20,26)(H2,21,27). The van der Waals surface area contributed by atoms with Gasteiger partial charge in [-0.2, -0.15) is 10.2 Å². The summed E-state index contributed by atoms with van der Waals surface area (Å²) in [5.41, 5.74) is 16.0. The molecule has 0 fully saturated rings. The zero-order valence-corrected chi connectivity index (χ0v) is 16.1. The molecule has 0 radical (unpaired) electrons. The molecule has 0 aromatic rings. The molecule has 148 valence electrons. The molecule has 2 atom stereocenters. The van der Waals surface area contributed by atoms with Crippen LogP contribution in [0.1, 0.15) is 52.4 Å². The fourth-order valence-corrected chi connectivity index (χ4v) is 3.65. The van der Waals surface area contributed by atoms with E-state index in [1.807, 2.05) is 38.2 Å². The maximum Gasteiger partial charge on any atom is 0.217 e. The number of nitrogens with one attached hydrogen (secondary N) is 2. The second kappa shape index (κ2) is 8.37. The number of carbonyl (C=O) groups excluding carboxylic acids is 2. The van der Waals surface area contributed by atoms with Crippen molar-refractivity contribution < 1.29 is 9.59 Å². The lowest BCUT2D eigenvalue weighted by Gasteiger charge is -2.38. The van der Waals surface area contributed by atoms with Crippen molar-refractivity contribution in [3.63, 3.8) is 0 Å². The Morgan fingerprint density at radius 3 is 1.59 bits per heavy atom. The first kappa shape index (κ1) is 20.7. The zero-order chi connectivity index (χ0) is 20.0. The summed E-state index contributed by atoms with van der Waals surface area (Å²) < 4.78 is 0. The average Bonchev–Trinajstić information content (AvgIpc) is 2.59. The number of nitrogens with two attached hydrogens (primary N) is 2. The second-order valence-electron chi connectivity index (χ2n) is 8.12. The Bertz CT molecular complexity index is 626. The number of rotatable bonds is 10. The molecule has 2 aliphatic rings. The van der Waals surface area contributed by atoms with Gasteiger partial charge in [0.15, 0.2) is 0 Å². The number of hydrogen-bond acceptors (Lipinski definition) is 6. The highest BCUT2D eigenvalue weighted by Gasteiger charge is 2.38. The van der Waals surface area contributed by atoms with Crippen molar-refractivity contribution in [1.82, 2.24) is 10.9 Å². The highest BCUT2D eigenvalue weighted by atomic mass is 16.1. The van der Waals surface area contributed by atoms with Crippen LogP contribution in [0.25, 0.3) is 0 Å². The van der Waals surface area contributed by atoms with Gasteiger partial charge in [-0.25, -0.2) is 0 Å². The van der Waals surface area contributed by atoms with Gasteiger partial charge in [-0.15, -0.1) is 0 Å². The third kappa shape index (κ3) is 6.23. The largest absolute Gasteiger partial charge is 0.370 e. The second-order valence-corrected chi connectivity index (χ2v) is 8.12. The number of allylic oxidation sites excluding steroid dienone is 2. The van der Waals surface area contributed by atoms with Crippen LogP contribution >= 0.6 is 0 Å². The number of carbonyl (C=O) groups is 2. The predicted octanol–water partition coefficient (Wildman–Crippen LogP) is 1.09. The lowest BCUT2D eigenvalue weighted by atomic mass is 9.69. The van der Waals surface area contributed by atoms with Gasteiger partial charge in [-0.05, 0) is 57.1 Å². The van der Waals surface area contributed by atoms with Crippen molar-refractivity contribution in [3.8, 4) is 0 Å². The number of hydrogen-bond donors (Lipinski definition) is 4. The summed E-state index contributed by atoms with van der Waals surface area (Å²) in [6, 6.07) is 0. The molecule has 0 bridgehead atoms. The lowest BCUT2D eigenvalue weighted by Crippen LogP contribution is -2.43. The van der Waals surface area contributed by atoms with Gasteiger partial charge in [0.05, 0.1) is 11.1 Å². The van der Waals surface area contributed by atoms with E-state index < -0.39 is 17.2 Å². The van der Waals surface area contributed by atoms with E-state index in [1.54, 1.807) is 12.4 Å². The van der Waals surface area contributed by atoms with Gasteiger partial charge in [0.25, 0.3) is 0 Å². The predicted molar refractivity (Wildman–Crippen MR) is 107 cm³/mol. The number of amides is 2. The molecule has 2 amide bonds. The van der Waals surface area contributed by atoms with Gasteiger partial charge in [0, 0.05) is 25.3 Å². The quantitative estimate of drug-likeness (QED) is 0.455. The average molecular weight is 374 g/mol. The Hall–Kier alpha value is -2.64. The highest BCUT2D eigenvalue weighted by molar-refractivity contribution is 5.78. The van der Waals surface area contributed by atoms with E-state index in [1.165, 1.54) is 0 Å². The zero-order valence-electron chi connectivity index (χ0n) is 16.1. The van der Waals surface area contributed by atoms with E-state index in [0.29, 0.717) is 25.7 Å². The van der Waals surface area contributed by atoms with Gasteiger partial charge >= 0.3 is 0 Å². The molecule has 0 aromatic carbocycles. The van der Waals surface area contributed by atoms with Crippen molar-refractivity contribution in [1.29, 1.82) is 0 Å². The molecule has 27 heavy (non-hydrogen) atoms. The van der Waals surface area contributed by atoms with Crippen LogP contribution in [0, 0.1) is 5.41 Å². The molecule has 2 rings (SSSR count). The first-order valence-corrected chi connectivity index (χ1v) is 9.19. The summed E-state index contributed by atoms with van der Waals surface area (Å²) in [6.45, 7) is 4.06. The maximum absolute atomic E-state index is 11.8. The van der Waals surface area contributed by atoms with Gasteiger partial charge in [-0.1, -0.05) is 12.2 Å². The van der Waals surface area contributed by atoms with Crippen LogP contribution in [0.3, 0.4) is 0 Å². The SMILES string of the molecule is CC1(CCC(CCC2(C)C=CC=NN2)(CC(N)=O)CC(N)=O)C=CC=NN1. The first-order valence-electron chi connectivity index (χ1n) is 9.19. The fourth-order valence-electron chi connectivity index (χ4n) is 3.65. The summed E-state index contributed by atoms with van der Waals surface area (Å²) in [6.07, 6.45) is 14.0. The third-order valence-electron chi connectivity index (χ3n) is 5.34. The summed E-state index contributed by atoms with van der Waals surface area (Å²) in [4.78, 5) is 23.6. The smallest absolute Gasteiger partial charge is 0.217 e. The Balaban J connectivity index is 2.17. The molecule has 0 aromatic heterocycles. The van der Waals surface area contributed by atoms with Crippen LogP contribution in [-0.2, 0) is 9.59 Å². The molecular weight excluding hydrogens is 344 g/mol. The molecule has 0 aliphatic carbocycles. The van der Waals surface area contributed by atoms with Crippen LogP contribution < -0.4 is 22.3 Å². The van der Waals surface area contributed by atoms with Crippen LogP contribution in [0.15, 0.2) is 34.5 Å². The lowest BCUT2D eigenvalue weighted by molar-refractivity contribution is -0.124. The van der Waals surface area contributed by atoms with Crippen LogP contribution in [0.2, 0.25) is 0 Å². The Morgan fingerprint density at radius 1 is 0.889 bits per heavy atom. The molecular formula is C19H30N6O2. The fraction of sp³-hybridized carbons (Fsp3) is 0.579. The minimum Gasteiger partial charge on any atom is -0.370 e. The van der Waals surface area contributed by atoms with Crippen LogP contribution in [0.5, 0.6) is 0 Å². The minimum atomic E-state index is -0.600. The van der Waals surface area contributed by atoms with Crippen molar-refractivity contribution in [2.45, 2.75) is 63.5 Å². The molecule has 0 spiro atoms. The Labute approximate surface area is 160 Å². The van der Waals surface area contributed by atoms with E-state index >= 15 is 0 Å². The van der Waals surface area contributed by atoms with E-state index in [0.717, 1.165) is 0 Å². The van der Waals surface area contributed by atoms with E-state index in [4.69, 9.17) is 11.5 Å². The van der Waals surface area contributed by atoms with Gasteiger partial charge in [-0.3, -0.25) is 9.59 Å². The van der Waals surface area contributed by atoms with E-state index in [-0.39, 0.29) is 23.9 Å². The van der Waals surface area contributed by atoms with Crippen LogP contribution in [0.4, 0.5) is 0 Å². The topological polar surface area (TPSA) is 135 Å². The Morgan fingerprint density at radius 2 is 1.30 bits per heavy atom. The third-order valence-corrected chi connectivity index (χ3v) is 5.34. The molecule has 6 N–H and O–H groups in total. The van der Waals surface area contributed by atoms with Gasteiger partial charge < -0.3 is 22.3 Å². The number of hydrazone groups is 2. The normalized spacial score (nSPS) is 26.4. The first-order chi connectivity index (χ1) is 12.7. The minimum absolute atomic E-state index is 0.113. The van der Waals surface area contributed by atoms with Gasteiger partial charge in [0.1, 0.15) is 0 Å². The molecule has 0 saturated heterocycles. The monoisotopic (exact) mass is 374 g/mol. The molecule has 0 saturated carbocycles. The van der Waals surface area contributed by atoms with Crippen molar-refractivity contribution in [3.05, 3.63) is 24.3 Å². The molecule has 8 heteroatoms. The Kier molecular flexibility index (Phi) is 6.41. The van der Waals surface area contributed by atoms with E-state index in [9.17, 15) is 9.59 Å². The van der Waals surface area contributed by atoms with Crippen molar-refractivity contribution in [2.24, 2.45) is 27.1 Å².